The summed E-state index contributed by atoms with van der Waals surface area (Å²) in [5, 5.41) is 3.27. The molecule has 1 fully saturated rings. The number of sulfonamides is 1. The number of piperidine rings is 1. The number of carbonyl (C=O) groups excluding carboxylic acids is 1. The van der Waals surface area contributed by atoms with Crippen LogP contribution in [0.5, 0.6) is 0 Å². The first-order valence-corrected chi connectivity index (χ1v) is 9.43. The van der Waals surface area contributed by atoms with Crippen molar-refractivity contribution in [2.45, 2.75) is 19.8 Å². The number of rotatable bonds is 5. The Hall–Kier alpha value is -1.11. The Morgan fingerprint density at radius 1 is 1.41 bits per heavy atom. The third-order valence-corrected chi connectivity index (χ3v) is 6.09. The fourth-order valence-electron chi connectivity index (χ4n) is 2.61. The highest BCUT2D eigenvalue weighted by Crippen LogP contribution is 2.19. The summed E-state index contributed by atoms with van der Waals surface area (Å²) in [5.41, 5.74) is 0.443. The Labute approximate surface area is 136 Å². The highest BCUT2D eigenvalue weighted by molar-refractivity contribution is 7.89. The van der Waals surface area contributed by atoms with Crippen LogP contribution in [0.2, 0.25) is 5.02 Å². The third kappa shape index (κ3) is 4.21. The summed E-state index contributed by atoms with van der Waals surface area (Å²) in [6, 6.07) is 6.88. The third-order valence-electron chi connectivity index (χ3n) is 3.91. The normalized spacial score (nSPS) is 19.8. The van der Waals surface area contributed by atoms with Gasteiger partial charge < -0.3 is 5.32 Å². The fourth-order valence-corrected chi connectivity index (χ4v) is 4.04. The van der Waals surface area contributed by atoms with E-state index in [1.165, 1.54) is 4.31 Å². The van der Waals surface area contributed by atoms with E-state index < -0.39 is 10.0 Å². The molecule has 1 aliphatic heterocycles. The number of hydrogen-bond donors (Lipinski definition) is 1. The minimum absolute atomic E-state index is 0.117. The summed E-state index contributed by atoms with van der Waals surface area (Å²) in [6.07, 6.45) is 1.74. The number of amides is 1. The zero-order valence-corrected chi connectivity index (χ0v) is 14.2. The number of nitrogens with zero attached hydrogens (tertiary/aromatic N) is 1. The molecular formula is C15H21ClN2O3S. The van der Waals surface area contributed by atoms with Crippen molar-refractivity contribution in [3.63, 3.8) is 0 Å². The second-order valence-electron chi connectivity index (χ2n) is 5.46. The summed E-state index contributed by atoms with van der Waals surface area (Å²) in [4.78, 5) is 12.1. The van der Waals surface area contributed by atoms with Gasteiger partial charge in [0.05, 0.1) is 16.3 Å². The van der Waals surface area contributed by atoms with E-state index >= 15 is 0 Å². The average molecular weight is 345 g/mol. The van der Waals surface area contributed by atoms with Gasteiger partial charge in [-0.15, -0.1) is 0 Å². The standard InChI is InChI=1S/C15H21ClN2O3S/c1-2-22(20,21)18-9-5-6-12(11-18)10-17-15(19)13-7-3-4-8-14(13)16/h3-4,7-8,12H,2,5-6,9-11H2,1H3,(H,17,19). The van der Waals surface area contributed by atoms with Crippen LogP contribution in [0, 0.1) is 5.92 Å². The molecule has 1 aromatic rings. The van der Waals surface area contributed by atoms with Crippen LogP contribution in [0.15, 0.2) is 24.3 Å². The molecule has 1 aliphatic rings. The molecule has 1 aromatic carbocycles. The molecule has 2 rings (SSSR count). The lowest BCUT2D eigenvalue weighted by Gasteiger charge is -2.31. The zero-order valence-electron chi connectivity index (χ0n) is 12.6. The van der Waals surface area contributed by atoms with Crippen molar-refractivity contribution in [2.24, 2.45) is 5.92 Å². The van der Waals surface area contributed by atoms with Crippen LogP contribution in [0.1, 0.15) is 30.1 Å². The molecule has 0 saturated carbocycles. The summed E-state index contributed by atoms with van der Waals surface area (Å²) in [7, 11) is -3.15. The largest absolute Gasteiger partial charge is 0.352 e. The number of benzene rings is 1. The van der Waals surface area contributed by atoms with E-state index in [4.69, 9.17) is 11.6 Å². The highest BCUT2D eigenvalue weighted by Gasteiger charge is 2.27. The molecule has 1 atom stereocenters. The molecule has 1 heterocycles. The fraction of sp³-hybridized carbons (Fsp3) is 0.533. The van der Waals surface area contributed by atoms with Gasteiger partial charge in [0.15, 0.2) is 0 Å². The van der Waals surface area contributed by atoms with Crippen molar-refractivity contribution in [3.05, 3.63) is 34.9 Å². The van der Waals surface area contributed by atoms with Crippen LogP contribution in [0.3, 0.4) is 0 Å². The van der Waals surface area contributed by atoms with Gasteiger partial charge in [-0.1, -0.05) is 23.7 Å². The van der Waals surface area contributed by atoms with Crippen LogP contribution >= 0.6 is 11.6 Å². The predicted molar refractivity (Wildman–Crippen MR) is 87.5 cm³/mol. The topological polar surface area (TPSA) is 66.5 Å². The number of carbonyl (C=O) groups is 1. The van der Waals surface area contributed by atoms with Gasteiger partial charge in [0, 0.05) is 19.6 Å². The second-order valence-corrected chi connectivity index (χ2v) is 8.12. The maximum atomic E-state index is 12.1. The lowest BCUT2D eigenvalue weighted by atomic mass is 9.99. The van der Waals surface area contributed by atoms with Gasteiger partial charge in [0.25, 0.3) is 5.91 Å². The molecule has 0 radical (unpaired) electrons. The molecule has 0 bridgehead atoms. The van der Waals surface area contributed by atoms with Gasteiger partial charge in [-0.25, -0.2) is 12.7 Å². The molecular weight excluding hydrogens is 324 g/mol. The first kappa shape index (κ1) is 17.2. The van der Waals surface area contributed by atoms with E-state index in [2.05, 4.69) is 5.32 Å². The van der Waals surface area contributed by atoms with Gasteiger partial charge in [-0.3, -0.25) is 4.79 Å². The second kappa shape index (κ2) is 7.44. The molecule has 0 aliphatic carbocycles. The lowest BCUT2D eigenvalue weighted by Crippen LogP contribution is -2.44. The molecule has 1 unspecified atom stereocenters. The van der Waals surface area contributed by atoms with Gasteiger partial charge in [-0.05, 0) is 37.8 Å². The summed E-state index contributed by atoms with van der Waals surface area (Å²) >= 11 is 5.99. The Morgan fingerprint density at radius 2 is 2.14 bits per heavy atom. The minimum atomic E-state index is -3.15. The molecule has 122 valence electrons. The number of hydrogen-bond acceptors (Lipinski definition) is 3. The van der Waals surface area contributed by atoms with E-state index in [1.54, 1.807) is 31.2 Å². The van der Waals surface area contributed by atoms with Gasteiger partial charge in [0.2, 0.25) is 10.0 Å². The van der Waals surface area contributed by atoms with E-state index in [0.29, 0.717) is 30.2 Å². The van der Waals surface area contributed by atoms with Crippen molar-refractivity contribution in [3.8, 4) is 0 Å². The SMILES string of the molecule is CCS(=O)(=O)N1CCCC(CNC(=O)c2ccccc2Cl)C1. The Bertz CT molecular complexity index is 633. The van der Waals surface area contributed by atoms with Crippen LogP contribution in [-0.2, 0) is 10.0 Å². The molecule has 5 nitrogen and oxygen atoms in total. The Morgan fingerprint density at radius 3 is 2.82 bits per heavy atom. The zero-order chi connectivity index (χ0) is 16.2. The van der Waals surface area contributed by atoms with E-state index in [0.717, 1.165) is 12.8 Å². The van der Waals surface area contributed by atoms with Crippen molar-refractivity contribution >= 4 is 27.5 Å². The van der Waals surface area contributed by atoms with Gasteiger partial charge in [-0.2, -0.15) is 0 Å². The first-order valence-electron chi connectivity index (χ1n) is 7.44. The minimum Gasteiger partial charge on any atom is -0.352 e. The van der Waals surface area contributed by atoms with E-state index in [1.807, 2.05) is 0 Å². The molecule has 22 heavy (non-hydrogen) atoms. The quantitative estimate of drug-likeness (QED) is 0.889. The molecule has 1 N–H and O–H groups in total. The monoisotopic (exact) mass is 344 g/mol. The highest BCUT2D eigenvalue weighted by atomic mass is 35.5. The average Bonchev–Trinajstić information content (AvgIpc) is 2.53. The van der Waals surface area contributed by atoms with Crippen molar-refractivity contribution in [1.29, 1.82) is 0 Å². The van der Waals surface area contributed by atoms with Gasteiger partial charge in [0.1, 0.15) is 0 Å². The first-order chi connectivity index (χ1) is 10.4. The van der Waals surface area contributed by atoms with Crippen LogP contribution in [0.4, 0.5) is 0 Å². The molecule has 0 spiro atoms. The van der Waals surface area contributed by atoms with Crippen molar-refractivity contribution in [1.82, 2.24) is 9.62 Å². The lowest BCUT2D eigenvalue weighted by molar-refractivity contribution is 0.0941. The summed E-state index contributed by atoms with van der Waals surface area (Å²) < 4.78 is 25.4. The molecule has 1 amide bonds. The Balaban J connectivity index is 1.92. The summed E-state index contributed by atoms with van der Waals surface area (Å²) in [6.45, 7) is 3.15. The van der Waals surface area contributed by atoms with E-state index in [-0.39, 0.29) is 17.6 Å². The predicted octanol–water partition coefficient (Wildman–Crippen LogP) is 2.13. The molecule has 1 saturated heterocycles. The smallest absolute Gasteiger partial charge is 0.252 e. The van der Waals surface area contributed by atoms with Crippen molar-refractivity contribution in [2.75, 3.05) is 25.4 Å². The molecule has 7 heteroatoms. The van der Waals surface area contributed by atoms with Crippen molar-refractivity contribution < 1.29 is 13.2 Å². The van der Waals surface area contributed by atoms with Gasteiger partial charge >= 0.3 is 0 Å². The number of nitrogens with one attached hydrogen (secondary N) is 1. The van der Waals surface area contributed by atoms with Crippen LogP contribution in [-0.4, -0.2) is 44.0 Å². The van der Waals surface area contributed by atoms with E-state index in [9.17, 15) is 13.2 Å². The Kier molecular flexibility index (Phi) is 5.83. The van der Waals surface area contributed by atoms with Crippen LogP contribution in [0.25, 0.3) is 0 Å². The van der Waals surface area contributed by atoms with Crippen LogP contribution < -0.4 is 5.32 Å². The summed E-state index contributed by atoms with van der Waals surface area (Å²) in [5.74, 6) is 0.0358. The maximum absolute atomic E-state index is 12.1. The number of halogens is 1. The molecule has 0 aromatic heterocycles. The maximum Gasteiger partial charge on any atom is 0.252 e.